The van der Waals surface area contributed by atoms with E-state index in [4.69, 9.17) is 4.74 Å². The number of nitrogens with one attached hydrogen (secondary N) is 1. The number of benzene rings is 1. The molecule has 1 heterocycles. The third-order valence-corrected chi connectivity index (χ3v) is 2.74. The first-order chi connectivity index (χ1) is 8.22. The van der Waals surface area contributed by atoms with Gasteiger partial charge in [-0.25, -0.2) is 0 Å². The van der Waals surface area contributed by atoms with Crippen LogP contribution in [0.2, 0.25) is 0 Å². The number of aryl methyl sites for hydroxylation is 1. The molecule has 2 aromatic rings. The van der Waals surface area contributed by atoms with Crippen molar-refractivity contribution < 1.29 is 9.53 Å². The van der Waals surface area contributed by atoms with Gasteiger partial charge in [-0.2, -0.15) is 0 Å². The van der Waals surface area contributed by atoms with Crippen LogP contribution in [0.15, 0.2) is 30.5 Å². The second-order valence-corrected chi connectivity index (χ2v) is 3.95. The molecule has 0 unspecified atom stereocenters. The summed E-state index contributed by atoms with van der Waals surface area (Å²) in [6.07, 6.45) is 1.98. The van der Waals surface area contributed by atoms with Crippen LogP contribution in [0.4, 0.5) is 0 Å². The Kier molecular flexibility index (Phi) is 3.44. The maximum Gasteiger partial charge on any atom is 0.251 e. The summed E-state index contributed by atoms with van der Waals surface area (Å²) in [5.41, 5.74) is 1.80. The van der Waals surface area contributed by atoms with Gasteiger partial charge < -0.3 is 14.6 Å². The number of carbonyl (C=O) groups excluding carboxylic acids is 1. The van der Waals surface area contributed by atoms with Crippen LogP contribution in [-0.4, -0.2) is 30.7 Å². The highest BCUT2D eigenvalue weighted by atomic mass is 16.5. The number of nitrogens with zero attached hydrogens (tertiary/aromatic N) is 1. The fraction of sp³-hybridized carbons (Fsp3) is 0.308. The van der Waals surface area contributed by atoms with Crippen molar-refractivity contribution in [2.24, 2.45) is 7.05 Å². The lowest BCUT2D eigenvalue weighted by molar-refractivity contribution is 0.0937. The van der Waals surface area contributed by atoms with Crippen LogP contribution in [0.1, 0.15) is 10.4 Å². The largest absolute Gasteiger partial charge is 0.383 e. The third kappa shape index (κ3) is 2.47. The second kappa shape index (κ2) is 5.01. The van der Waals surface area contributed by atoms with Crippen LogP contribution in [0.25, 0.3) is 10.9 Å². The predicted molar refractivity (Wildman–Crippen MR) is 67.1 cm³/mol. The Morgan fingerprint density at radius 1 is 1.41 bits per heavy atom. The zero-order valence-corrected chi connectivity index (χ0v) is 10.1. The summed E-state index contributed by atoms with van der Waals surface area (Å²) >= 11 is 0. The quantitative estimate of drug-likeness (QED) is 0.813. The smallest absolute Gasteiger partial charge is 0.251 e. The molecule has 17 heavy (non-hydrogen) atoms. The molecule has 0 saturated heterocycles. The van der Waals surface area contributed by atoms with Crippen LogP contribution < -0.4 is 5.32 Å². The van der Waals surface area contributed by atoms with Crippen molar-refractivity contribution in [2.75, 3.05) is 20.3 Å². The third-order valence-electron chi connectivity index (χ3n) is 2.74. The monoisotopic (exact) mass is 232 g/mol. The lowest BCUT2D eigenvalue weighted by Crippen LogP contribution is -2.26. The van der Waals surface area contributed by atoms with Gasteiger partial charge in [0.1, 0.15) is 0 Å². The van der Waals surface area contributed by atoms with Crippen LogP contribution in [0.3, 0.4) is 0 Å². The van der Waals surface area contributed by atoms with Gasteiger partial charge in [-0.05, 0) is 24.3 Å². The van der Waals surface area contributed by atoms with Crippen molar-refractivity contribution in [3.63, 3.8) is 0 Å². The van der Waals surface area contributed by atoms with E-state index >= 15 is 0 Å². The van der Waals surface area contributed by atoms with Crippen molar-refractivity contribution in [1.29, 1.82) is 0 Å². The van der Waals surface area contributed by atoms with E-state index in [0.29, 0.717) is 18.7 Å². The Balaban J connectivity index is 2.15. The molecule has 0 radical (unpaired) electrons. The van der Waals surface area contributed by atoms with E-state index in [2.05, 4.69) is 5.32 Å². The van der Waals surface area contributed by atoms with Gasteiger partial charge in [0.15, 0.2) is 0 Å². The van der Waals surface area contributed by atoms with E-state index in [1.54, 1.807) is 7.11 Å². The number of methoxy groups -OCH3 is 1. The number of fused-ring (bicyclic) bond motifs is 1. The molecular formula is C13H16N2O2. The molecule has 0 aliphatic carbocycles. The number of amides is 1. The molecule has 1 aromatic heterocycles. The van der Waals surface area contributed by atoms with Crippen molar-refractivity contribution in [3.8, 4) is 0 Å². The van der Waals surface area contributed by atoms with E-state index < -0.39 is 0 Å². The Labute approximate surface area is 100 Å². The summed E-state index contributed by atoms with van der Waals surface area (Å²) in [6, 6.07) is 7.70. The maximum absolute atomic E-state index is 11.8. The maximum atomic E-state index is 11.8. The summed E-state index contributed by atoms with van der Waals surface area (Å²) < 4.78 is 6.91. The van der Waals surface area contributed by atoms with E-state index in [-0.39, 0.29) is 5.91 Å². The normalized spacial score (nSPS) is 10.7. The molecule has 0 aliphatic heterocycles. The molecule has 4 nitrogen and oxygen atoms in total. The Bertz CT molecular complexity index is 531. The number of carbonyl (C=O) groups is 1. The van der Waals surface area contributed by atoms with Gasteiger partial charge in [-0.3, -0.25) is 4.79 Å². The fourth-order valence-corrected chi connectivity index (χ4v) is 1.79. The molecule has 1 N–H and O–H groups in total. The molecule has 90 valence electrons. The second-order valence-electron chi connectivity index (χ2n) is 3.95. The Hall–Kier alpha value is -1.81. The SMILES string of the molecule is COCCNC(=O)c1ccc2c(ccn2C)c1. The van der Waals surface area contributed by atoms with Crippen molar-refractivity contribution in [1.82, 2.24) is 9.88 Å². The van der Waals surface area contributed by atoms with Gasteiger partial charge in [0.05, 0.1) is 6.61 Å². The number of hydrogen-bond donors (Lipinski definition) is 1. The summed E-state index contributed by atoms with van der Waals surface area (Å²) in [7, 11) is 3.60. The fourth-order valence-electron chi connectivity index (χ4n) is 1.79. The highest BCUT2D eigenvalue weighted by Gasteiger charge is 2.06. The summed E-state index contributed by atoms with van der Waals surface area (Å²) in [5.74, 6) is -0.0622. The molecule has 0 aliphatic rings. The van der Waals surface area contributed by atoms with Gasteiger partial charge in [-0.15, -0.1) is 0 Å². The molecule has 0 bridgehead atoms. The molecule has 0 spiro atoms. The van der Waals surface area contributed by atoms with Crippen LogP contribution in [0, 0.1) is 0 Å². The lowest BCUT2D eigenvalue weighted by atomic mass is 10.1. The number of rotatable bonds is 4. The number of aromatic nitrogens is 1. The van der Waals surface area contributed by atoms with Gasteiger partial charge in [0.25, 0.3) is 5.91 Å². The molecule has 0 fully saturated rings. The average molecular weight is 232 g/mol. The Morgan fingerprint density at radius 3 is 3.00 bits per heavy atom. The minimum Gasteiger partial charge on any atom is -0.383 e. The van der Waals surface area contributed by atoms with E-state index in [9.17, 15) is 4.79 Å². The van der Waals surface area contributed by atoms with Gasteiger partial charge >= 0.3 is 0 Å². The predicted octanol–water partition coefficient (Wildman–Crippen LogP) is 1.55. The highest BCUT2D eigenvalue weighted by molar-refractivity contribution is 5.98. The molecule has 0 atom stereocenters. The topological polar surface area (TPSA) is 43.3 Å². The molecule has 1 amide bonds. The summed E-state index contributed by atoms with van der Waals surface area (Å²) in [4.78, 5) is 11.8. The van der Waals surface area contributed by atoms with Crippen molar-refractivity contribution >= 4 is 16.8 Å². The first kappa shape index (κ1) is 11.7. The molecule has 1 aromatic carbocycles. The van der Waals surface area contributed by atoms with Crippen molar-refractivity contribution in [3.05, 3.63) is 36.0 Å². The van der Waals surface area contributed by atoms with Gasteiger partial charge in [-0.1, -0.05) is 0 Å². The molecule has 2 rings (SSSR count). The zero-order valence-electron chi connectivity index (χ0n) is 10.1. The van der Waals surface area contributed by atoms with Gasteiger partial charge in [0, 0.05) is 43.4 Å². The minimum absolute atomic E-state index is 0.0622. The molecule has 0 saturated carbocycles. The first-order valence-corrected chi connectivity index (χ1v) is 5.54. The van der Waals surface area contributed by atoms with E-state index in [1.807, 2.05) is 42.1 Å². The molecule has 4 heteroatoms. The van der Waals surface area contributed by atoms with E-state index in [1.165, 1.54) is 0 Å². The standard InChI is InChI=1S/C13H16N2O2/c1-15-7-5-10-9-11(3-4-12(10)15)13(16)14-6-8-17-2/h3-5,7,9H,6,8H2,1-2H3,(H,14,16). The molecular weight excluding hydrogens is 216 g/mol. The van der Waals surface area contributed by atoms with E-state index in [0.717, 1.165) is 10.9 Å². The summed E-state index contributed by atoms with van der Waals surface area (Å²) in [5, 5.41) is 3.88. The Morgan fingerprint density at radius 2 is 2.24 bits per heavy atom. The first-order valence-electron chi connectivity index (χ1n) is 5.54. The van der Waals surface area contributed by atoms with Crippen LogP contribution in [-0.2, 0) is 11.8 Å². The lowest BCUT2D eigenvalue weighted by Gasteiger charge is -2.05. The number of ether oxygens (including phenoxy) is 1. The van der Waals surface area contributed by atoms with Gasteiger partial charge in [0.2, 0.25) is 0 Å². The highest BCUT2D eigenvalue weighted by Crippen LogP contribution is 2.16. The minimum atomic E-state index is -0.0622. The van der Waals surface area contributed by atoms with Crippen LogP contribution in [0.5, 0.6) is 0 Å². The zero-order chi connectivity index (χ0) is 12.3. The van der Waals surface area contributed by atoms with Crippen LogP contribution >= 0.6 is 0 Å². The number of hydrogen-bond acceptors (Lipinski definition) is 2. The average Bonchev–Trinajstić information content (AvgIpc) is 2.71. The van der Waals surface area contributed by atoms with Crippen molar-refractivity contribution in [2.45, 2.75) is 0 Å². The summed E-state index contributed by atoms with van der Waals surface area (Å²) in [6.45, 7) is 1.06.